The number of hydrogen-bond donors (Lipinski definition) is 1. The predicted molar refractivity (Wildman–Crippen MR) is 114 cm³/mol. The van der Waals surface area contributed by atoms with Gasteiger partial charge in [-0.15, -0.1) is 0 Å². The van der Waals surface area contributed by atoms with Crippen molar-refractivity contribution in [3.63, 3.8) is 0 Å². The van der Waals surface area contributed by atoms with Gasteiger partial charge in [-0.3, -0.25) is 4.79 Å². The van der Waals surface area contributed by atoms with Crippen LogP contribution in [0.4, 0.5) is 5.69 Å². The lowest BCUT2D eigenvalue weighted by atomic mass is 10.2. The molecule has 1 aliphatic rings. The molecule has 1 saturated heterocycles. The Balaban J connectivity index is 1.82. The summed E-state index contributed by atoms with van der Waals surface area (Å²) in [4.78, 5) is 17.2. The summed E-state index contributed by atoms with van der Waals surface area (Å²) in [5, 5.41) is 12.3. The second-order valence-electron chi connectivity index (χ2n) is 5.43. The molecule has 2 aromatic rings. The summed E-state index contributed by atoms with van der Waals surface area (Å²) in [7, 11) is 1.54. The number of thioether (sulfide) groups is 1. The SMILES string of the molecule is COc1ccc(Cl)cc1N=C1NC(=O)/C(=C/c2ccc(OCC#N)c(Br)c2)S1. The van der Waals surface area contributed by atoms with Crippen molar-refractivity contribution in [2.24, 2.45) is 4.99 Å². The Hall–Kier alpha value is -2.47. The van der Waals surface area contributed by atoms with Crippen LogP contribution in [0.25, 0.3) is 6.08 Å². The van der Waals surface area contributed by atoms with Crippen molar-refractivity contribution in [1.82, 2.24) is 5.32 Å². The monoisotopic (exact) mass is 477 g/mol. The first kappa shape index (κ1) is 20.3. The molecule has 3 rings (SSSR count). The van der Waals surface area contributed by atoms with E-state index in [1.807, 2.05) is 12.1 Å². The Morgan fingerprint density at radius 1 is 1.32 bits per heavy atom. The number of methoxy groups -OCH3 is 1. The number of amides is 1. The summed E-state index contributed by atoms with van der Waals surface area (Å²) in [6, 6.07) is 12.3. The van der Waals surface area contributed by atoms with Crippen LogP contribution >= 0.6 is 39.3 Å². The number of nitrogens with zero attached hydrogens (tertiary/aromatic N) is 2. The molecule has 1 fully saturated rings. The largest absolute Gasteiger partial charge is 0.494 e. The zero-order valence-electron chi connectivity index (χ0n) is 14.5. The summed E-state index contributed by atoms with van der Waals surface area (Å²) in [5.41, 5.74) is 1.33. The van der Waals surface area contributed by atoms with Gasteiger partial charge in [-0.05, 0) is 69.7 Å². The summed E-state index contributed by atoms with van der Waals surface area (Å²) < 4.78 is 11.3. The number of nitrogens with one attached hydrogen (secondary N) is 1. The first-order valence-electron chi connectivity index (χ1n) is 7.92. The van der Waals surface area contributed by atoms with E-state index in [1.54, 1.807) is 43.5 Å². The average Bonchev–Trinajstić information content (AvgIpc) is 3.00. The summed E-state index contributed by atoms with van der Waals surface area (Å²) in [5.74, 6) is 0.870. The number of carbonyl (C=O) groups is 1. The molecule has 0 atom stereocenters. The molecule has 9 heteroatoms. The van der Waals surface area contributed by atoms with Gasteiger partial charge < -0.3 is 14.8 Å². The second kappa shape index (κ2) is 9.15. The van der Waals surface area contributed by atoms with Crippen molar-refractivity contribution in [2.45, 2.75) is 0 Å². The number of ether oxygens (including phenoxy) is 2. The Morgan fingerprint density at radius 2 is 2.11 bits per heavy atom. The minimum atomic E-state index is -0.245. The number of amidine groups is 1. The van der Waals surface area contributed by atoms with E-state index < -0.39 is 0 Å². The number of benzene rings is 2. The van der Waals surface area contributed by atoms with E-state index in [2.05, 4.69) is 26.2 Å². The van der Waals surface area contributed by atoms with Gasteiger partial charge in [0.05, 0.1) is 16.5 Å². The molecule has 1 N–H and O–H groups in total. The van der Waals surface area contributed by atoms with Crippen LogP contribution in [0.1, 0.15) is 5.56 Å². The Bertz CT molecular complexity index is 1030. The molecule has 0 aromatic heterocycles. The molecule has 0 aliphatic carbocycles. The highest BCUT2D eigenvalue weighted by Gasteiger charge is 2.24. The molecular formula is C19H13BrClN3O3S. The van der Waals surface area contributed by atoms with Crippen LogP contribution in [0.2, 0.25) is 5.02 Å². The zero-order valence-corrected chi connectivity index (χ0v) is 17.7. The van der Waals surface area contributed by atoms with Crippen LogP contribution in [0, 0.1) is 11.3 Å². The van der Waals surface area contributed by atoms with E-state index in [0.29, 0.717) is 36.8 Å². The molecule has 0 bridgehead atoms. The number of nitriles is 1. The third-order valence-corrected chi connectivity index (χ3v) is 5.32. The molecule has 1 heterocycles. The maximum Gasteiger partial charge on any atom is 0.264 e. The quantitative estimate of drug-likeness (QED) is 0.618. The normalized spacial score (nSPS) is 16.1. The minimum absolute atomic E-state index is 0.0376. The Morgan fingerprint density at radius 3 is 2.82 bits per heavy atom. The minimum Gasteiger partial charge on any atom is -0.494 e. The van der Waals surface area contributed by atoms with Crippen LogP contribution < -0.4 is 14.8 Å². The van der Waals surface area contributed by atoms with Gasteiger partial charge in [-0.25, -0.2) is 4.99 Å². The molecule has 0 spiro atoms. The first-order chi connectivity index (χ1) is 13.5. The third kappa shape index (κ3) is 4.87. The molecule has 0 saturated carbocycles. The van der Waals surface area contributed by atoms with E-state index in [9.17, 15) is 4.79 Å². The Labute approximate surface area is 179 Å². The maximum atomic E-state index is 12.3. The average molecular weight is 479 g/mol. The lowest BCUT2D eigenvalue weighted by Gasteiger charge is -2.05. The summed E-state index contributed by atoms with van der Waals surface area (Å²) >= 11 is 10.6. The molecular weight excluding hydrogens is 466 g/mol. The number of rotatable bonds is 5. The lowest BCUT2D eigenvalue weighted by Crippen LogP contribution is -2.19. The van der Waals surface area contributed by atoms with E-state index >= 15 is 0 Å². The highest BCUT2D eigenvalue weighted by molar-refractivity contribution is 9.10. The van der Waals surface area contributed by atoms with Crippen molar-refractivity contribution in [1.29, 1.82) is 5.26 Å². The Kier molecular flexibility index (Phi) is 6.62. The van der Waals surface area contributed by atoms with Gasteiger partial charge in [0.25, 0.3) is 5.91 Å². The summed E-state index contributed by atoms with van der Waals surface area (Å²) in [6.07, 6.45) is 1.75. The van der Waals surface area contributed by atoms with Crippen LogP contribution in [-0.2, 0) is 4.79 Å². The van der Waals surface area contributed by atoms with Gasteiger partial charge in [0, 0.05) is 5.02 Å². The van der Waals surface area contributed by atoms with Crippen molar-refractivity contribution < 1.29 is 14.3 Å². The molecule has 142 valence electrons. The molecule has 28 heavy (non-hydrogen) atoms. The van der Waals surface area contributed by atoms with E-state index in [4.69, 9.17) is 26.3 Å². The second-order valence-corrected chi connectivity index (χ2v) is 7.76. The van der Waals surface area contributed by atoms with Gasteiger partial charge in [-0.2, -0.15) is 5.26 Å². The maximum absolute atomic E-state index is 12.3. The fourth-order valence-electron chi connectivity index (χ4n) is 2.33. The van der Waals surface area contributed by atoms with Gasteiger partial charge >= 0.3 is 0 Å². The molecule has 1 aliphatic heterocycles. The van der Waals surface area contributed by atoms with Gasteiger partial charge in [0.15, 0.2) is 11.8 Å². The third-order valence-electron chi connectivity index (χ3n) is 3.56. The van der Waals surface area contributed by atoms with Crippen LogP contribution in [-0.4, -0.2) is 24.8 Å². The molecule has 2 aromatic carbocycles. The van der Waals surface area contributed by atoms with Crippen molar-refractivity contribution in [2.75, 3.05) is 13.7 Å². The number of aliphatic imine (C=N–C) groups is 1. The zero-order chi connectivity index (χ0) is 20.1. The molecule has 0 radical (unpaired) electrons. The van der Waals surface area contributed by atoms with Crippen LogP contribution in [0.3, 0.4) is 0 Å². The van der Waals surface area contributed by atoms with Crippen molar-refractivity contribution in [3.8, 4) is 17.6 Å². The van der Waals surface area contributed by atoms with E-state index in [-0.39, 0.29) is 12.5 Å². The van der Waals surface area contributed by atoms with Gasteiger partial charge in [-0.1, -0.05) is 17.7 Å². The van der Waals surface area contributed by atoms with Crippen LogP contribution in [0.15, 0.2) is 50.8 Å². The standard InChI is InChI=1S/C19H13BrClN3O3S/c1-26-16-5-3-12(21)10-14(16)23-19-24-18(25)17(28-19)9-11-2-4-15(13(20)8-11)27-7-6-22/h2-5,8-10H,7H2,1H3,(H,23,24,25)/b17-9-. The van der Waals surface area contributed by atoms with Crippen molar-refractivity contribution >= 4 is 62.1 Å². The first-order valence-corrected chi connectivity index (χ1v) is 9.91. The summed E-state index contributed by atoms with van der Waals surface area (Å²) in [6.45, 7) is -0.0376. The van der Waals surface area contributed by atoms with E-state index in [1.165, 1.54) is 11.8 Å². The van der Waals surface area contributed by atoms with Gasteiger partial charge in [0.1, 0.15) is 23.3 Å². The molecule has 6 nitrogen and oxygen atoms in total. The molecule has 1 amide bonds. The smallest absolute Gasteiger partial charge is 0.264 e. The predicted octanol–water partition coefficient (Wildman–Crippen LogP) is 4.91. The lowest BCUT2D eigenvalue weighted by molar-refractivity contribution is -0.115. The van der Waals surface area contributed by atoms with Crippen LogP contribution in [0.5, 0.6) is 11.5 Å². The molecule has 0 unspecified atom stereocenters. The highest BCUT2D eigenvalue weighted by atomic mass is 79.9. The number of carbonyl (C=O) groups excluding carboxylic acids is 1. The fourth-order valence-corrected chi connectivity index (χ4v) is 3.84. The van der Waals surface area contributed by atoms with E-state index in [0.717, 1.165) is 5.56 Å². The van der Waals surface area contributed by atoms with Gasteiger partial charge in [0.2, 0.25) is 0 Å². The number of halogens is 2. The topological polar surface area (TPSA) is 83.7 Å². The van der Waals surface area contributed by atoms with Crippen molar-refractivity contribution in [3.05, 3.63) is 56.4 Å². The highest BCUT2D eigenvalue weighted by Crippen LogP contribution is 2.34. The number of hydrogen-bond acceptors (Lipinski definition) is 6. The fraction of sp³-hybridized carbons (Fsp3) is 0.105.